The molecule has 1 atom stereocenters. The van der Waals surface area contributed by atoms with Gasteiger partial charge in [0.15, 0.2) is 0 Å². The third kappa shape index (κ3) is 4.23. The fourth-order valence-electron chi connectivity index (χ4n) is 5.98. The predicted molar refractivity (Wildman–Crippen MR) is 136 cm³/mol. The quantitative estimate of drug-likeness (QED) is 0.567. The van der Waals surface area contributed by atoms with Crippen molar-refractivity contribution in [3.05, 3.63) is 101 Å². The average Bonchev–Trinajstić information content (AvgIpc) is 3.37. The smallest absolute Gasteiger partial charge is 0.235 e. The number of nitrogens with one attached hydrogen (secondary N) is 1. The van der Waals surface area contributed by atoms with Gasteiger partial charge in [0.1, 0.15) is 11.2 Å². The zero-order valence-electron chi connectivity index (χ0n) is 20.0. The molecule has 176 valence electrons. The Balaban J connectivity index is 1.43. The van der Waals surface area contributed by atoms with E-state index in [0.29, 0.717) is 0 Å². The van der Waals surface area contributed by atoms with Gasteiger partial charge in [0.25, 0.3) is 0 Å². The van der Waals surface area contributed by atoms with Gasteiger partial charge < -0.3 is 15.0 Å². The number of benzene rings is 3. The molecule has 0 spiro atoms. The van der Waals surface area contributed by atoms with Crippen LogP contribution in [0.2, 0.25) is 0 Å². The van der Waals surface area contributed by atoms with Crippen molar-refractivity contribution in [1.82, 2.24) is 10.2 Å². The number of rotatable bonds is 7. The number of amides is 1. The first-order valence-electron chi connectivity index (χ1n) is 12.5. The Morgan fingerprint density at radius 3 is 2.41 bits per heavy atom. The highest BCUT2D eigenvalue weighted by molar-refractivity contribution is 5.92. The van der Waals surface area contributed by atoms with Gasteiger partial charge in [-0.05, 0) is 60.0 Å². The van der Waals surface area contributed by atoms with Gasteiger partial charge in [-0.15, -0.1) is 0 Å². The lowest BCUT2D eigenvalue weighted by Gasteiger charge is -2.45. The molecule has 1 N–H and O–H groups in total. The van der Waals surface area contributed by atoms with E-state index in [1.165, 1.54) is 11.1 Å². The van der Waals surface area contributed by atoms with Gasteiger partial charge in [-0.3, -0.25) is 4.79 Å². The molecule has 34 heavy (non-hydrogen) atoms. The molecular formula is C30H34N2O2. The van der Waals surface area contributed by atoms with Crippen LogP contribution in [0.25, 0.3) is 0 Å². The maximum absolute atomic E-state index is 13.8. The van der Waals surface area contributed by atoms with Crippen LogP contribution in [-0.4, -0.2) is 44.1 Å². The van der Waals surface area contributed by atoms with Crippen LogP contribution in [0.15, 0.2) is 78.9 Å². The number of hydrogen-bond acceptors (Lipinski definition) is 3. The van der Waals surface area contributed by atoms with E-state index in [-0.39, 0.29) is 11.8 Å². The highest BCUT2D eigenvalue weighted by Gasteiger charge is 2.49. The summed E-state index contributed by atoms with van der Waals surface area (Å²) in [6.07, 6.45) is 4.16. The first kappa shape index (κ1) is 22.7. The summed E-state index contributed by atoms with van der Waals surface area (Å²) in [4.78, 5) is 16.3. The fraction of sp³-hybridized carbons (Fsp3) is 0.367. The summed E-state index contributed by atoms with van der Waals surface area (Å²) in [5, 5.41) is 3.03. The second-order valence-corrected chi connectivity index (χ2v) is 9.55. The van der Waals surface area contributed by atoms with E-state index < -0.39 is 5.41 Å². The van der Waals surface area contributed by atoms with Gasteiger partial charge in [-0.25, -0.2) is 0 Å². The minimum absolute atomic E-state index is 0.0790. The largest absolute Gasteiger partial charge is 0.493 e. The number of hydrogen-bond donors (Lipinski definition) is 1. The van der Waals surface area contributed by atoms with E-state index in [9.17, 15) is 4.79 Å². The molecule has 2 aliphatic heterocycles. The molecule has 4 heteroatoms. The van der Waals surface area contributed by atoms with Gasteiger partial charge >= 0.3 is 0 Å². The number of nitrogens with zero attached hydrogens (tertiary/aromatic N) is 1. The molecule has 3 aromatic carbocycles. The Hall–Kier alpha value is -3.11. The fourth-order valence-corrected chi connectivity index (χ4v) is 5.98. The summed E-state index contributed by atoms with van der Waals surface area (Å²) in [5.41, 5.74) is 4.15. The van der Waals surface area contributed by atoms with Gasteiger partial charge in [-0.1, -0.05) is 72.8 Å². The second-order valence-electron chi connectivity index (χ2n) is 9.55. The number of ether oxygens (including phenoxy) is 1. The first-order chi connectivity index (χ1) is 16.7. The molecule has 1 fully saturated rings. The monoisotopic (exact) mass is 454 g/mol. The normalized spacial score (nSPS) is 18.2. The summed E-state index contributed by atoms with van der Waals surface area (Å²) in [7, 11) is 1.77. The van der Waals surface area contributed by atoms with Gasteiger partial charge in [0.2, 0.25) is 5.91 Å². The van der Waals surface area contributed by atoms with Gasteiger partial charge in [0, 0.05) is 26.6 Å². The van der Waals surface area contributed by atoms with Gasteiger partial charge in [-0.2, -0.15) is 0 Å². The maximum atomic E-state index is 13.8. The van der Waals surface area contributed by atoms with Crippen molar-refractivity contribution in [2.75, 3.05) is 33.3 Å². The SMILES string of the molecule is CNC(=O)C(c1ccccc1)(c1ccccc1)C1CCCN(CCc2ccc3c(c2)CCO3)C1. The number of carbonyl (C=O) groups is 1. The highest BCUT2D eigenvalue weighted by Crippen LogP contribution is 2.43. The van der Waals surface area contributed by atoms with Crippen molar-refractivity contribution in [3.8, 4) is 5.75 Å². The molecule has 2 aliphatic rings. The number of likely N-dealkylation sites (N-methyl/N-ethyl adjacent to an activating group) is 1. The Morgan fingerprint density at radius 2 is 1.74 bits per heavy atom. The Labute approximate surface area is 202 Å². The molecule has 1 amide bonds. The molecule has 2 heterocycles. The Kier molecular flexibility index (Phi) is 6.68. The van der Waals surface area contributed by atoms with Crippen LogP contribution in [0.5, 0.6) is 5.75 Å². The lowest BCUT2D eigenvalue weighted by Crippen LogP contribution is -2.54. The molecule has 0 saturated carbocycles. The highest BCUT2D eigenvalue weighted by atomic mass is 16.5. The molecule has 0 bridgehead atoms. The minimum Gasteiger partial charge on any atom is -0.493 e. The molecule has 4 nitrogen and oxygen atoms in total. The Bertz CT molecular complexity index is 1070. The molecule has 0 aliphatic carbocycles. The van der Waals surface area contributed by atoms with Crippen molar-refractivity contribution in [2.24, 2.45) is 5.92 Å². The molecular weight excluding hydrogens is 420 g/mol. The molecule has 1 unspecified atom stereocenters. The zero-order chi connectivity index (χ0) is 23.4. The number of carbonyl (C=O) groups excluding carboxylic acids is 1. The summed E-state index contributed by atoms with van der Waals surface area (Å²) in [5.74, 6) is 1.32. The van der Waals surface area contributed by atoms with Crippen LogP contribution in [0.3, 0.4) is 0 Å². The van der Waals surface area contributed by atoms with Crippen LogP contribution < -0.4 is 10.1 Å². The lowest BCUT2D eigenvalue weighted by molar-refractivity contribution is -0.127. The third-order valence-corrected chi connectivity index (χ3v) is 7.63. The molecule has 5 rings (SSSR count). The molecule has 1 saturated heterocycles. The van der Waals surface area contributed by atoms with E-state index >= 15 is 0 Å². The van der Waals surface area contributed by atoms with E-state index in [1.54, 1.807) is 7.05 Å². The third-order valence-electron chi connectivity index (χ3n) is 7.63. The van der Waals surface area contributed by atoms with E-state index in [1.807, 2.05) is 36.4 Å². The average molecular weight is 455 g/mol. The van der Waals surface area contributed by atoms with Crippen LogP contribution in [0.4, 0.5) is 0 Å². The van der Waals surface area contributed by atoms with Crippen LogP contribution in [-0.2, 0) is 23.1 Å². The maximum Gasteiger partial charge on any atom is 0.235 e. The molecule has 3 aromatic rings. The summed E-state index contributed by atoms with van der Waals surface area (Å²) >= 11 is 0. The van der Waals surface area contributed by atoms with Crippen LogP contribution in [0.1, 0.15) is 35.1 Å². The van der Waals surface area contributed by atoms with Crippen molar-refractivity contribution in [1.29, 1.82) is 0 Å². The van der Waals surface area contributed by atoms with Crippen molar-refractivity contribution in [2.45, 2.75) is 31.1 Å². The van der Waals surface area contributed by atoms with E-state index in [4.69, 9.17) is 4.74 Å². The summed E-state index contributed by atoms with van der Waals surface area (Å²) in [6.45, 7) is 3.79. The van der Waals surface area contributed by atoms with Crippen LogP contribution in [0, 0.1) is 5.92 Å². The van der Waals surface area contributed by atoms with Crippen molar-refractivity contribution < 1.29 is 9.53 Å². The number of likely N-dealkylation sites (tertiary alicyclic amines) is 1. The number of piperidine rings is 1. The predicted octanol–water partition coefficient (Wildman–Crippen LogP) is 4.61. The zero-order valence-corrected chi connectivity index (χ0v) is 20.0. The van der Waals surface area contributed by atoms with E-state index in [0.717, 1.165) is 68.8 Å². The number of fused-ring (bicyclic) bond motifs is 1. The Morgan fingerprint density at radius 1 is 1.03 bits per heavy atom. The summed E-state index contributed by atoms with van der Waals surface area (Å²) < 4.78 is 5.67. The first-order valence-corrected chi connectivity index (χ1v) is 12.5. The standard InChI is InChI=1S/C30H34N2O2/c1-31-29(33)30(25-9-4-2-5-10-25,26-11-6-3-7-12-26)27-13-8-18-32(22-27)19-16-23-14-15-28-24(21-23)17-20-34-28/h2-7,9-12,14-15,21,27H,8,13,16-20,22H2,1H3,(H,31,33). The lowest BCUT2D eigenvalue weighted by atomic mass is 9.62. The van der Waals surface area contributed by atoms with Crippen LogP contribution >= 0.6 is 0 Å². The van der Waals surface area contributed by atoms with Crippen molar-refractivity contribution >= 4 is 5.91 Å². The topological polar surface area (TPSA) is 41.6 Å². The van der Waals surface area contributed by atoms with Gasteiger partial charge in [0.05, 0.1) is 6.61 Å². The molecule has 0 aromatic heterocycles. The minimum atomic E-state index is -0.707. The molecule has 0 radical (unpaired) electrons. The van der Waals surface area contributed by atoms with Crippen molar-refractivity contribution in [3.63, 3.8) is 0 Å². The second kappa shape index (κ2) is 10.0. The van der Waals surface area contributed by atoms with E-state index in [2.05, 4.69) is 52.7 Å². The summed E-state index contributed by atoms with van der Waals surface area (Å²) in [6, 6.07) is 27.4.